The molecule has 0 bridgehead atoms. The number of urea groups is 1. The van der Waals surface area contributed by atoms with Gasteiger partial charge in [-0.05, 0) is 25.1 Å². The van der Waals surface area contributed by atoms with Crippen molar-refractivity contribution in [2.45, 2.75) is 6.42 Å². The fourth-order valence-electron chi connectivity index (χ4n) is 2.76. The summed E-state index contributed by atoms with van der Waals surface area (Å²) in [6.45, 7) is 4.21. The monoisotopic (exact) mass is 286 g/mol. The van der Waals surface area contributed by atoms with E-state index in [4.69, 9.17) is 0 Å². The van der Waals surface area contributed by atoms with Gasteiger partial charge in [0.2, 0.25) is 0 Å². The van der Waals surface area contributed by atoms with E-state index in [0.717, 1.165) is 38.1 Å². The van der Waals surface area contributed by atoms with E-state index >= 15 is 0 Å². The van der Waals surface area contributed by atoms with Gasteiger partial charge >= 0.3 is 6.03 Å². The van der Waals surface area contributed by atoms with Gasteiger partial charge in [-0.1, -0.05) is 18.2 Å². The maximum atomic E-state index is 12.1. The number of fused-ring (bicyclic) bond motifs is 1. The van der Waals surface area contributed by atoms with Gasteiger partial charge in [-0.25, -0.2) is 4.79 Å². The van der Waals surface area contributed by atoms with Crippen LogP contribution in [0.4, 0.5) is 4.79 Å². The molecule has 3 rings (SSSR count). The number of benzene rings is 1. The summed E-state index contributed by atoms with van der Waals surface area (Å²) in [6.07, 6.45) is 2.89. The number of aromatic amines is 1. The highest BCUT2D eigenvalue weighted by Gasteiger charge is 2.18. The van der Waals surface area contributed by atoms with Gasteiger partial charge in [0.25, 0.3) is 0 Å². The van der Waals surface area contributed by atoms with Gasteiger partial charge in [0.15, 0.2) is 0 Å². The van der Waals surface area contributed by atoms with Crippen LogP contribution in [0.2, 0.25) is 0 Å². The van der Waals surface area contributed by atoms with Crippen molar-refractivity contribution in [2.75, 3.05) is 39.8 Å². The van der Waals surface area contributed by atoms with Gasteiger partial charge in [0, 0.05) is 49.8 Å². The standard InChI is InChI=1S/C16H22N4O/c1-19-8-10-20(11-9-19)16(21)17-7-6-13-12-18-15-5-3-2-4-14(13)15/h2-5,12,18H,6-11H2,1H3,(H,17,21). The van der Waals surface area contributed by atoms with Crippen molar-refractivity contribution < 1.29 is 4.79 Å². The number of rotatable bonds is 3. The zero-order valence-corrected chi connectivity index (χ0v) is 12.4. The highest BCUT2D eigenvalue weighted by atomic mass is 16.2. The maximum Gasteiger partial charge on any atom is 0.317 e. The van der Waals surface area contributed by atoms with Crippen molar-refractivity contribution in [2.24, 2.45) is 0 Å². The average Bonchev–Trinajstić information content (AvgIpc) is 2.91. The third-order valence-corrected chi connectivity index (χ3v) is 4.14. The van der Waals surface area contributed by atoms with Crippen LogP contribution in [-0.2, 0) is 6.42 Å². The number of carbonyl (C=O) groups excluding carboxylic acids is 1. The number of nitrogens with one attached hydrogen (secondary N) is 2. The number of carbonyl (C=O) groups is 1. The minimum atomic E-state index is 0.0583. The van der Waals surface area contributed by atoms with Crippen LogP contribution in [0.1, 0.15) is 5.56 Å². The minimum absolute atomic E-state index is 0.0583. The molecule has 2 aromatic rings. The van der Waals surface area contributed by atoms with Gasteiger partial charge in [-0.15, -0.1) is 0 Å². The molecular formula is C16H22N4O. The minimum Gasteiger partial charge on any atom is -0.361 e. The molecule has 5 nitrogen and oxygen atoms in total. The van der Waals surface area contributed by atoms with E-state index in [0.29, 0.717) is 6.54 Å². The second kappa shape index (κ2) is 6.18. The number of nitrogens with zero attached hydrogens (tertiary/aromatic N) is 2. The first-order valence-electron chi connectivity index (χ1n) is 7.50. The summed E-state index contributed by atoms with van der Waals surface area (Å²) in [6, 6.07) is 8.31. The molecule has 1 aliphatic heterocycles. The van der Waals surface area contributed by atoms with Gasteiger partial charge in [0.1, 0.15) is 0 Å². The summed E-state index contributed by atoms with van der Waals surface area (Å²) >= 11 is 0. The number of para-hydroxylation sites is 1. The summed E-state index contributed by atoms with van der Waals surface area (Å²) in [4.78, 5) is 19.5. The summed E-state index contributed by atoms with van der Waals surface area (Å²) in [5, 5.41) is 4.27. The molecule has 0 aliphatic carbocycles. The average molecular weight is 286 g/mol. The largest absolute Gasteiger partial charge is 0.361 e. The molecule has 2 N–H and O–H groups in total. The molecule has 2 heterocycles. The Balaban J connectivity index is 1.51. The van der Waals surface area contributed by atoms with Crippen molar-refractivity contribution in [1.82, 2.24) is 20.1 Å². The summed E-state index contributed by atoms with van der Waals surface area (Å²) in [5.41, 5.74) is 2.40. The molecule has 112 valence electrons. The first-order chi connectivity index (χ1) is 10.2. The second-order valence-corrected chi connectivity index (χ2v) is 5.63. The fourth-order valence-corrected chi connectivity index (χ4v) is 2.76. The van der Waals surface area contributed by atoms with E-state index in [9.17, 15) is 4.79 Å². The van der Waals surface area contributed by atoms with Gasteiger partial charge in [0.05, 0.1) is 0 Å². The molecule has 1 aliphatic rings. The number of likely N-dealkylation sites (N-methyl/N-ethyl adjacent to an activating group) is 1. The SMILES string of the molecule is CN1CCN(C(=O)NCCc2c[nH]c3ccccc23)CC1. The van der Waals surface area contributed by atoms with Crippen LogP contribution in [0.15, 0.2) is 30.5 Å². The van der Waals surface area contributed by atoms with Crippen molar-refractivity contribution in [3.05, 3.63) is 36.0 Å². The van der Waals surface area contributed by atoms with Crippen LogP contribution >= 0.6 is 0 Å². The first kappa shape index (κ1) is 13.9. The van der Waals surface area contributed by atoms with Crippen LogP contribution in [-0.4, -0.2) is 60.6 Å². The lowest BCUT2D eigenvalue weighted by Gasteiger charge is -2.32. The molecule has 1 aromatic heterocycles. The van der Waals surface area contributed by atoms with Gasteiger partial charge in [-0.2, -0.15) is 0 Å². The lowest BCUT2D eigenvalue weighted by Crippen LogP contribution is -2.50. The van der Waals surface area contributed by atoms with Crippen LogP contribution in [0.5, 0.6) is 0 Å². The number of hydrogen-bond donors (Lipinski definition) is 2. The number of hydrogen-bond acceptors (Lipinski definition) is 2. The topological polar surface area (TPSA) is 51.4 Å². The molecule has 0 saturated carbocycles. The number of aromatic nitrogens is 1. The summed E-state index contributed by atoms with van der Waals surface area (Å²) < 4.78 is 0. The van der Waals surface area contributed by atoms with Crippen molar-refractivity contribution in [3.8, 4) is 0 Å². The first-order valence-corrected chi connectivity index (χ1v) is 7.50. The highest BCUT2D eigenvalue weighted by molar-refractivity contribution is 5.83. The van der Waals surface area contributed by atoms with E-state index in [2.05, 4.69) is 34.4 Å². The molecule has 0 unspecified atom stereocenters. The summed E-state index contributed by atoms with van der Waals surface area (Å²) in [5.74, 6) is 0. The molecular weight excluding hydrogens is 264 g/mol. The Kier molecular flexibility index (Phi) is 4.10. The van der Waals surface area contributed by atoms with E-state index in [-0.39, 0.29) is 6.03 Å². The molecule has 0 spiro atoms. The maximum absolute atomic E-state index is 12.1. The predicted octanol–water partition coefficient (Wildman–Crippen LogP) is 1.67. The molecule has 1 fully saturated rings. The quantitative estimate of drug-likeness (QED) is 0.902. The Morgan fingerprint density at radius 3 is 2.81 bits per heavy atom. The van der Waals surface area contributed by atoms with Gasteiger partial charge < -0.3 is 20.1 Å². The Hall–Kier alpha value is -2.01. The van der Waals surface area contributed by atoms with E-state index < -0.39 is 0 Å². The third-order valence-electron chi connectivity index (χ3n) is 4.14. The predicted molar refractivity (Wildman–Crippen MR) is 84.5 cm³/mol. The number of piperazine rings is 1. The number of amides is 2. The summed E-state index contributed by atoms with van der Waals surface area (Å²) in [7, 11) is 2.09. The van der Waals surface area contributed by atoms with E-state index in [1.165, 1.54) is 10.9 Å². The highest BCUT2D eigenvalue weighted by Crippen LogP contribution is 2.17. The zero-order chi connectivity index (χ0) is 14.7. The smallest absolute Gasteiger partial charge is 0.317 e. The van der Waals surface area contributed by atoms with E-state index in [1.54, 1.807) is 0 Å². The zero-order valence-electron chi connectivity index (χ0n) is 12.4. The molecule has 21 heavy (non-hydrogen) atoms. The molecule has 5 heteroatoms. The lowest BCUT2D eigenvalue weighted by molar-refractivity contribution is 0.154. The Labute approximate surface area is 124 Å². The normalized spacial score (nSPS) is 16.3. The third kappa shape index (κ3) is 3.19. The Morgan fingerprint density at radius 2 is 2.00 bits per heavy atom. The molecule has 0 radical (unpaired) electrons. The van der Waals surface area contributed by atoms with Crippen molar-refractivity contribution >= 4 is 16.9 Å². The van der Waals surface area contributed by atoms with Crippen LogP contribution in [0.25, 0.3) is 10.9 Å². The Morgan fingerprint density at radius 1 is 1.24 bits per heavy atom. The molecule has 1 saturated heterocycles. The van der Waals surface area contributed by atoms with Crippen LogP contribution in [0, 0.1) is 0 Å². The molecule has 1 aromatic carbocycles. The molecule has 2 amide bonds. The fraction of sp³-hybridized carbons (Fsp3) is 0.438. The second-order valence-electron chi connectivity index (χ2n) is 5.63. The van der Waals surface area contributed by atoms with Crippen molar-refractivity contribution in [1.29, 1.82) is 0 Å². The van der Waals surface area contributed by atoms with Crippen LogP contribution < -0.4 is 5.32 Å². The van der Waals surface area contributed by atoms with Gasteiger partial charge in [-0.3, -0.25) is 0 Å². The van der Waals surface area contributed by atoms with Crippen molar-refractivity contribution in [3.63, 3.8) is 0 Å². The van der Waals surface area contributed by atoms with E-state index in [1.807, 2.05) is 23.2 Å². The molecule has 0 atom stereocenters. The lowest BCUT2D eigenvalue weighted by atomic mass is 10.1. The number of H-pyrrole nitrogens is 1. The Bertz CT molecular complexity index is 614. The van der Waals surface area contributed by atoms with Crippen LogP contribution in [0.3, 0.4) is 0 Å².